The number of rotatable bonds is 2. The number of aromatic nitrogens is 2. The molecule has 0 saturated heterocycles. The summed E-state index contributed by atoms with van der Waals surface area (Å²) in [6.07, 6.45) is 4.74. The molecule has 0 atom stereocenters. The van der Waals surface area contributed by atoms with Crippen molar-refractivity contribution in [3.63, 3.8) is 0 Å². The number of halogens is 1. The highest BCUT2D eigenvalue weighted by Gasteiger charge is 2.43. The van der Waals surface area contributed by atoms with Gasteiger partial charge >= 0.3 is 0 Å². The molecule has 1 saturated carbocycles. The maximum atomic E-state index is 11.4. The van der Waals surface area contributed by atoms with Crippen molar-refractivity contribution in [2.24, 2.45) is 5.41 Å². The summed E-state index contributed by atoms with van der Waals surface area (Å²) in [6.45, 7) is 0.421. The predicted octanol–water partition coefficient (Wildman–Crippen LogP) is 1.20. The summed E-state index contributed by atoms with van der Waals surface area (Å²) in [6, 6.07) is 2.22. The van der Waals surface area contributed by atoms with Crippen LogP contribution in [0.4, 0.5) is 0 Å². The third-order valence-corrected chi connectivity index (χ3v) is 2.69. The van der Waals surface area contributed by atoms with Gasteiger partial charge in [-0.05, 0) is 12.8 Å². The molecule has 1 aliphatic rings. The zero-order valence-electron chi connectivity index (χ0n) is 7.40. The molecule has 0 spiro atoms. The monoisotopic (exact) mass is 209 g/mol. The lowest BCUT2D eigenvalue weighted by Crippen LogP contribution is -2.24. The van der Waals surface area contributed by atoms with Crippen LogP contribution in [0.25, 0.3) is 0 Å². The summed E-state index contributed by atoms with van der Waals surface area (Å²) in [4.78, 5) is 15.1. The van der Waals surface area contributed by atoms with Crippen LogP contribution in [0.15, 0.2) is 17.2 Å². The molecule has 2 rings (SSSR count). The summed E-state index contributed by atoms with van der Waals surface area (Å²) in [5, 5.41) is 8.82. The first-order valence-electron chi connectivity index (χ1n) is 4.29. The molecule has 1 heterocycles. The number of hydrogen-bond acceptors (Lipinski definition) is 3. The van der Waals surface area contributed by atoms with E-state index in [-0.39, 0.29) is 16.1 Å². The van der Waals surface area contributed by atoms with E-state index in [0.717, 1.165) is 12.8 Å². The molecule has 72 valence electrons. The van der Waals surface area contributed by atoms with Gasteiger partial charge in [0.1, 0.15) is 0 Å². The van der Waals surface area contributed by atoms with Crippen LogP contribution in [0, 0.1) is 16.7 Å². The maximum Gasteiger partial charge on any atom is 0.288 e. The van der Waals surface area contributed by atoms with Gasteiger partial charge in [-0.3, -0.25) is 4.79 Å². The Morgan fingerprint density at radius 3 is 3.00 bits per heavy atom. The average Bonchev–Trinajstić information content (AvgIpc) is 2.94. The van der Waals surface area contributed by atoms with Gasteiger partial charge < -0.3 is 4.57 Å². The van der Waals surface area contributed by atoms with Crippen molar-refractivity contribution in [1.29, 1.82) is 5.26 Å². The second-order valence-electron chi connectivity index (χ2n) is 3.54. The summed E-state index contributed by atoms with van der Waals surface area (Å²) in [7, 11) is 0. The lowest BCUT2D eigenvalue weighted by molar-refractivity contribution is 0.513. The van der Waals surface area contributed by atoms with Crippen LogP contribution in [-0.2, 0) is 6.54 Å². The van der Waals surface area contributed by atoms with E-state index in [1.54, 1.807) is 6.20 Å². The normalized spacial score (nSPS) is 17.4. The molecule has 0 bridgehead atoms. The van der Waals surface area contributed by atoms with Gasteiger partial charge in [-0.15, -0.1) is 0 Å². The molecule has 4 nitrogen and oxygen atoms in total. The lowest BCUT2D eigenvalue weighted by atomic mass is 10.1. The molecular weight excluding hydrogens is 202 g/mol. The Kier molecular flexibility index (Phi) is 2.05. The lowest BCUT2D eigenvalue weighted by Gasteiger charge is -2.08. The molecule has 0 amide bonds. The van der Waals surface area contributed by atoms with Crippen LogP contribution in [0.1, 0.15) is 12.8 Å². The molecule has 0 unspecified atom stereocenters. The number of hydrogen-bond donors (Lipinski definition) is 0. The number of nitriles is 1. The summed E-state index contributed by atoms with van der Waals surface area (Å²) >= 11 is 5.58. The van der Waals surface area contributed by atoms with E-state index in [1.165, 1.54) is 10.8 Å². The Morgan fingerprint density at radius 1 is 1.71 bits per heavy atom. The second kappa shape index (κ2) is 3.10. The Hall–Kier alpha value is -1.34. The first kappa shape index (κ1) is 9.22. The highest BCUT2D eigenvalue weighted by molar-refractivity contribution is 6.29. The molecule has 1 aromatic rings. The Balaban J connectivity index is 2.31. The van der Waals surface area contributed by atoms with Crippen molar-refractivity contribution in [2.75, 3.05) is 0 Å². The van der Waals surface area contributed by atoms with Crippen LogP contribution in [0.5, 0.6) is 0 Å². The largest absolute Gasteiger partial charge is 0.310 e. The topological polar surface area (TPSA) is 58.7 Å². The second-order valence-corrected chi connectivity index (χ2v) is 3.90. The van der Waals surface area contributed by atoms with Crippen molar-refractivity contribution in [3.8, 4) is 6.07 Å². The minimum Gasteiger partial charge on any atom is -0.310 e. The van der Waals surface area contributed by atoms with Gasteiger partial charge in [0, 0.05) is 18.9 Å². The SMILES string of the molecule is N#CC1(Cn2ccnc(Cl)c2=O)CC1. The van der Waals surface area contributed by atoms with Crippen LogP contribution in [0.3, 0.4) is 0 Å². The van der Waals surface area contributed by atoms with Crippen LogP contribution < -0.4 is 5.56 Å². The van der Waals surface area contributed by atoms with Gasteiger partial charge in [0.25, 0.3) is 5.56 Å². The van der Waals surface area contributed by atoms with Gasteiger partial charge in [0.2, 0.25) is 0 Å². The minimum atomic E-state index is -0.339. The van der Waals surface area contributed by atoms with E-state index < -0.39 is 0 Å². The van der Waals surface area contributed by atoms with Gasteiger partial charge in [-0.25, -0.2) is 4.98 Å². The fraction of sp³-hybridized carbons (Fsp3) is 0.444. The fourth-order valence-corrected chi connectivity index (χ4v) is 1.49. The van der Waals surface area contributed by atoms with Crippen molar-refractivity contribution < 1.29 is 0 Å². The van der Waals surface area contributed by atoms with E-state index in [2.05, 4.69) is 11.1 Å². The van der Waals surface area contributed by atoms with Crippen LogP contribution in [0.2, 0.25) is 5.15 Å². The maximum absolute atomic E-state index is 11.4. The van der Waals surface area contributed by atoms with E-state index in [4.69, 9.17) is 16.9 Å². The van der Waals surface area contributed by atoms with E-state index in [0.29, 0.717) is 6.54 Å². The standard InChI is InChI=1S/C9H8ClN3O/c10-7-8(14)13(4-3-12-7)6-9(5-11)1-2-9/h3-4H,1-2,6H2. The molecule has 1 fully saturated rings. The van der Waals surface area contributed by atoms with Gasteiger partial charge in [-0.1, -0.05) is 11.6 Å². The smallest absolute Gasteiger partial charge is 0.288 e. The average molecular weight is 210 g/mol. The fourth-order valence-electron chi connectivity index (χ4n) is 1.33. The molecule has 0 aromatic carbocycles. The van der Waals surface area contributed by atoms with Crippen molar-refractivity contribution in [3.05, 3.63) is 27.9 Å². The highest BCUT2D eigenvalue weighted by Crippen LogP contribution is 2.45. The minimum absolute atomic E-state index is 0.0405. The summed E-state index contributed by atoms with van der Waals surface area (Å²) in [5.41, 5.74) is -0.662. The third kappa shape index (κ3) is 1.51. The highest BCUT2D eigenvalue weighted by atomic mass is 35.5. The quantitative estimate of drug-likeness (QED) is 0.736. The first-order chi connectivity index (χ1) is 6.67. The van der Waals surface area contributed by atoms with E-state index >= 15 is 0 Å². The van der Waals surface area contributed by atoms with Crippen molar-refractivity contribution >= 4 is 11.6 Å². The van der Waals surface area contributed by atoms with Gasteiger partial charge in [0.05, 0.1) is 11.5 Å². The Morgan fingerprint density at radius 2 is 2.43 bits per heavy atom. The van der Waals surface area contributed by atoms with Crippen LogP contribution >= 0.6 is 11.6 Å². The van der Waals surface area contributed by atoms with E-state index in [9.17, 15) is 4.79 Å². The zero-order chi connectivity index (χ0) is 10.2. The summed E-state index contributed by atoms with van der Waals surface area (Å²) in [5.74, 6) is 0. The van der Waals surface area contributed by atoms with E-state index in [1.807, 2.05) is 0 Å². The third-order valence-electron chi connectivity index (χ3n) is 2.44. The molecule has 5 heteroatoms. The Labute approximate surface area is 85.8 Å². The zero-order valence-corrected chi connectivity index (χ0v) is 8.16. The molecule has 14 heavy (non-hydrogen) atoms. The van der Waals surface area contributed by atoms with Crippen molar-refractivity contribution in [2.45, 2.75) is 19.4 Å². The molecule has 1 aliphatic carbocycles. The van der Waals surface area contributed by atoms with Crippen molar-refractivity contribution in [1.82, 2.24) is 9.55 Å². The molecule has 0 N–H and O–H groups in total. The molecule has 0 radical (unpaired) electrons. The van der Waals surface area contributed by atoms with Gasteiger partial charge in [0.15, 0.2) is 5.15 Å². The number of nitrogens with zero attached hydrogens (tertiary/aromatic N) is 3. The Bertz CT molecular complexity index is 456. The predicted molar refractivity (Wildman–Crippen MR) is 50.8 cm³/mol. The first-order valence-corrected chi connectivity index (χ1v) is 4.67. The molecular formula is C9H8ClN3O. The molecule has 0 aliphatic heterocycles. The van der Waals surface area contributed by atoms with Gasteiger partial charge in [-0.2, -0.15) is 5.26 Å². The summed E-state index contributed by atoms with van der Waals surface area (Å²) < 4.78 is 1.45. The molecule has 1 aromatic heterocycles. The van der Waals surface area contributed by atoms with Crippen LogP contribution in [-0.4, -0.2) is 9.55 Å².